The molecule has 3 N–H and O–H groups in total. The van der Waals surface area contributed by atoms with Crippen molar-refractivity contribution < 1.29 is 15.0 Å². The zero-order valence-electron chi connectivity index (χ0n) is 17.6. The highest BCUT2D eigenvalue weighted by Crippen LogP contribution is 2.67. The summed E-state index contributed by atoms with van der Waals surface area (Å²) >= 11 is 0. The van der Waals surface area contributed by atoms with E-state index in [9.17, 15) is 15.0 Å². The van der Waals surface area contributed by atoms with Crippen molar-refractivity contribution >= 4 is 5.91 Å². The zero-order chi connectivity index (χ0) is 19.6. The normalized spacial score (nSPS) is 53.0. The Balaban J connectivity index is 1.70. The molecule has 0 radical (unpaired) electrons. The van der Waals surface area contributed by atoms with E-state index in [4.69, 9.17) is 0 Å². The van der Waals surface area contributed by atoms with Crippen molar-refractivity contribution in [3.05, 3.63) is 0 Å². The van der Waals surface area contributed by atoms with Crippen molar-refractivity contribution in [3.8, 4) is 0 Å². The number of amides is 1. The predicted octanol–water partition coefficient (Wildman–Crippen LogP) is 3.50. The number of aliphatic hydroxyl groups is 2. The first-order valence-electron chi connectivity index (χ1n) is 11.3. The quantitative estimate of drug-likeness (QED) is 0.690. The first-order valence-corrected chi connectivity index (χ1v) is 11.3. The van der Waals surface area contributed by atoms with Gasteiger partial charge in [0, 0.05) is 13.0 Å². The van der Waals surface area contributed by atoms with Crippen LogP contribution in [0.15, 0.2) is 0 Å². The van der Waals surface area contributed by atoms with Gasteiger partial charge in [0.25, 0.3) is 0 Å². The number of hydrogen-bond acceptors (Lipinski definition) is 3. The minimum Gasteiger partial charge on any atom is -0.393 e. The van der Waals surface area contributed by atoms with Gasteiger partial charge in [-0.05, 0) is 98.7 Å². The van der Waals surface area contributed by atoms with Gasteiger partial charge in [-0.25, -0.2) is 0 Å². The third-order valence-electron chi connectivity index (χ3n) is 9.82. The summed E-state index contributed by atoms with van der Waals surface area (Å²) < 4.78 is 0. The number of carbonyl (C=O) groups excluding carboxylic acids is 1. The number of carbonyl (C=O) groups is 1. The molecule has 1 amide bonds. The number of rotatable bonds is 2. The highest BCUT2D eigenvalue weighted by molar-refractivity contribution is 5.73. The van der Waals surface area contributed by atoms with E-state index in [0.717, 1.165) is 32.1 Å². The standard InChI is InChI=1S/C23H39NO3/c1-13(25)18-7-8-19-17-6-5-15-11-16(27)9-10-22(15,3)20(17)12-21(23(18,19)4)24-14(2)26/h13,15-21,25,27H,5-12H2,1-4H3,(H,24,26)/t13-,15-,16-,17+,18-,19+,20+,21+,22-,23+/m0/s1. The molecule has 4 saturated carbocycles. The van der Waals surface area contributed by atoms with Crippen LogP contribution >= 0.6 is 0 Å². The van der Waals surface area contributed by atoms with Crippen molar-refractivity contribution in [2.45, 2.75) is 97.3 Å². The van der Waals surface area contributed by atoms with Crippen LogP contribution in [-0.2, 0) is 4.79 Å². The highest BCUT2D eigenvalue weighted by atomic mass is 16.3. The average molecular weight is 378 g/mol. The van der Waals surface area contributed by atoms with Crippen LogP contribution in [0.1, 0.15) is 79.1 Å². The van der Waals surface area contributed by atoms with Crippen LogP contribution in [-0.4, -0.2) is 34.4 Å². The maximum Gasteiger partial charge on any atom is 0.217 e. The van der Waals surface area contributed by atoms with E-state index in [-0.39, 0.29) is 35.5 Å². The SMILES string of the molecule is CC(=O)N[C@@H]1C[C@@H]2[C@H](CC[C@H]3C[C@@H](O)CC[C@@]32C)[C@H]2CC[C@@H]([C@H](C)O)[C@]21C. The lowest BCUT2D eigenvalue weighted by Crippen LogP contribution is -2.63. The fraction of sp³-hybridized carbons (Fsp3) is 0.957. The van der Waals surface area contributed by atoms with E-state index in [2.05, 4.69) is 19.2 Å². The van der Waals surface area contributed by atoms with Crippen LogP contribution in [0.2, 0.25) is 0 Å². The van der Waals surface area contributed by atoms with Crippen LogP contribution in [0.5, 0.6) is 0 Å². The topological polar surface area (TPSA) is 69.6 Å². The third kappa shape index (κ3) is 2.88. The predicted molar refractivity (Wildman–Crippen MR) is 106 cm³/mol. The smallest absolute Gasteiger partial charge is 0.217 e. The molecule has 0 aromatic heterocycles. The number of nitrogens with one attached hydrogen (secondary N) is 1. The van der Waals surface area contributed by atoms with Gasteiger partial charge < -0.3 is 15.5 Å². The first-order chi connectivity index (χ1) is 12.7. The van der Waals surface area contributed by atoms with Crippen LogP contribution < -0.4 is 5.32 Å². The van der Waals surface area contributed by atoms with Gasteiger partial charge in [0.2, 0.25) is 5.91 Å². The first kappa shape index (κ1) is 19.7. The summed E-state index contributed by atoms with van der Waals surface area (Å²) in [7, 11) is 0. The molecule has 0 heterocycles. The largest absolute Gasteiger partial charge is 0.393 e. The molecule has 0 aromatic carbocycles. The molecule has 0 saturated heterocycles. The summed E-state index contributed by atoms with van der Waals surface area (Å²) in [4.78, 5) is 12.1. The molecule has 10 atom stereocenters. The van der Waals surface area contributed by atoms with Crippen LogP contribution in [0.4, 0.5) is 0 Å². The molecule has 154 valence electrons. The van der Waals surface area contributed by atoms with Gasteiger partial charge in [0.05, 0.1) is 12.2 Å². The van der Waals surface area contributed by atoms with E-state index in [0.29, 0.717) is 29.1 Å². The monoisotopic (exact) mass is 377 g/mol. The molecule has 0 bridgehead atoms. The maximum absolute atomic E-state index is 12.1. The molecule has 4 nitrogen and oxygen atoms in total. The Kier molecular flexibility index (Phi) is 4.91. The van der Waals surface area contributed by atoms with E-state index in [1.807, 2.05) is 6.92 Å². The molecular weight excluding hydrogens is 338 g/mol. The summed E-state index contributed by atoms with van der Waals surface area (Å²) in [5, 5.41) is 24.1. The minimum atomic E-state index is -0.315. The highest BCUT2D eigenvalue weighted by Gasteiger charge is 2.64. The van der Waals surface area contributed by atoms with Crippen molar-refractivity contribution in [2.24, 2.45) is 40.4 Å². The molecule has 0 aliphatic heterocycles. The summed E-state index contributed by atoms with van der Waals surface area (Å²) in [6, 6.07) is 0.158. The lowest BCUT2D eigenvalue weighted by molar-refractivity contribution is -0.149. The fourth-order valence-corrected chi connectivity index (χ4v) is 8.52. The lowest BCUT2D eigenvalue weighted by atomic mass is 9.43. The maximum atomic E-state index is 12.1. The summed E-state index contributed by atoms with van der Waals surface area (Å²) in [6.45, 7) is 8.42. The van der Waals surface area contributed by atoms with E-state index < -0.39 is 0 Å². The number of fused-ring (bicyclic) bond motifs is 5. The molecule has 0 aromatic rings. The second-order valence-electron chi connectivity index (χ2n) is 10.9. The molecule has 4 aliphatic rings. The zero-order valence-corrected chi connectivity index (χ0v) is 17.6. The van der Waals surface area contributed by atoms with Crippen LogP contribution in [0.3, 0.4) is 0 Å². The van der Waals surface area contributed by atoms with Gasteiger partial charge in [-0.1, -0.05) is 13.8 Å². The van der Waals surface area contributed by atoms with Gasteiger partial charge in [-0.3, -0.25) is 4.79 Å². The molecular formula is C23H39NO3. The Hall–Kier alpha value is -0.610. The fourth-order valence-electron chi connectivity index (χ4n) is 8.52. The van der Waals surface area contributed by atoms with Crippen molar-refractivity contribution in [2.75, 3.05) is 0 Å². The van der Waals surface area contributed by atoms with E-state index in [1.54, 1.807) is 6.92 Å². The molecule has 4 heteroatoms. The van der Waals surface area contributed by atoms with Gasteiger partial charge in [0.1, 0.15) is 0 Å². The number of hydrogen-bond donors (Lipinski definition) is 3. The molecule has 0 unspecified atom stereocenters. The van der Waals surface area contributed by atoms with Crippen LogP contribution in [0, 0.1) is 40.4 Å². The minimum absolute atomic E-state index is 0.00161. The Bertz CT molecular complexity index is 592. The molecule has 4 rings (SSSR count). The van der Waals surface area contributed by atoms with Crippen molar-refractivity contribution in [3.63, 3.8) is 0 Å². The Labute approximate surface area is 164 Å². The second kappa shape index (κ2) is 6.73. The van der Waals surface area contributed by atoms with E-state index in [1.165, 1.54) is 19.3 Å². The summed E-state index contributed by atoms with van der Waals surface area (Å²) in [5.41, 5.74) is 0.293. The average Bonchev–Trinajstić information content (AvgIpc) is 2.95. The van der Waals surface area contributed by atoms with Gasteiger partial charge in [-0.15, -0.1) is 0 Å². The molecule has 4 fully saturated rings. The van der Waals surface area contributed by atoms with Crippen molar-refractivity contribution in [1.29, 1.82) is 0 Å². The molecule has 27 heavy (non-hydrogen) atoms. The van der Waals surface area contributed by atoms with Gasteiger partial charge >= 0.3 is 0 Å². The summed E-state index contributed by atoms with van der Waals surface area (Å²) in [5.74, 6) is 2.90. The van der Waals surface area contributed by atoms with Crippen molar-refractivity contribution in [1.82, 2.24) is 5.32 Å². The Morgan fingerprint density at radius 2 is 1.81 bits per heavy atom. The van der Waals surface area contributed by atoms with E-state index >= 15 is 0 Å². The molecule has 0 spiro atoms. The lowest BCUT2D eigenvalue weighted by Gasteiger charge is -2.63. The molecule has 4 aliphatic carbocycles. The second-order valence-corrected chi connectivity index (χ2v) is 10.9. The number of aliphatic hydroxyl groups excluding tert-OH is 2. The Morgan fingerprint density at radius 1 is 1.07 bits per heavy atom. The Morgan fingerprint density at radius 3 is 2.48 bits per heavy atom. The van der Waals surface area contributed by atoms with Crippen LogP contribution in [0.25, 0.3) is 0 Å². The van der Waals surface area contributed by atoms with Gasteiger partial charge in [0.15, 0.2) is 0 Å². The summed E-state index contributed by atoms with van der Waals surface area (Å²) in [6.07, 6.45) is 8.39. The third-order valence-corrected chi connectivity index (χ3v) is 9.82. The van der Waals surface area contributed by atoms with Gasteiger partial charge in [-0.2, -0.15) is 0 Å².